The van der Waals surface area contributed by atoms with E-state index in [2.05, 4.69) is 23.1 Å². The van der Waals surface area contributed by atoms with Gasteiger partial charge >= 0.3 is 0 Å². The summed E-state index contributed by atoms with van der Waals surface area (Å²) in [6, 6.07) is 0. The van der Waals surface area contributed by atoms with Crippen LogP contribution in [0.15, 0.2) is 0 Å². The van der Waals surface area contributed by atoms with E-state index >= 15 is 0 Å². The molecular weight excluding hydrogens is 175 g/mol. The summed E-state index contributed by atoms with van der Waals surface area (Å²) in [6.45, 7) is 4.55. The lowest BCUT2D eigenvalue weighted by atomic mass is 10.1. The van der Waals surface area contributed by atoms with Gasteiger partial charge in [-0.25, -0.2) is 0 Å². The maximum atomic E-state index is 3.01. The quantitative estimate of drug-likeness (QED) is 0.373. The Morgan fingerprint density at radius 2 is 1.23 bits per heavy atom. The van der Waals surface area contributed by atoms with Crippen LogP contribution in [0.4, 0.5) is 0 Å². The lowest BCUT2D eigenvalue weighted by molar-refractivity contribution is 0.572. The summed E-state index contributed by atoms with van der Waals surface area (Å²) in [5.41, 5.74) is 0.892. The largest absolute Gasteiger partial charge is 0.134 e. The van der Waals surface area contributed by atoms with Crippen molar-refractivity contribution in [1.82, 2.24) is 0 Å². The average Bonchev–Trinajstić information content (AvgIpc) is 2.13. The second-order valence-corrected chi connectivity index (χ2v) is 5.05. The highest BCUT2D eigenvalue weighted by atomic mass is 31.0. The molecule has 0 rings (SSSR count). The van der Waals surface area contributed by atoms with Gasteiger partial charge in [-0.2, -0.15) is 0 Å². The van der Waals surface area contributed by atoms with Crippen molar-refractivity contribution >= 4 is 9.24 Å². The number of rotatable bonds is 9. The molecule has 0 aromatic heterocycles. The fraction of sp³-hybridized carbons (Fsp3) is 1.00. The molecule has 0 aliphatic heterocycles. The molecule has 0 saturated heterocycles. The van der Waals surface area contributed by atoms with Gasteiger partial charge in [0.05, 0.1) is 0 Å². The van der Waals surface area contributed by atoms with Crippen molar-refractivity contribution in [2.75, 3.05) is 0 Å². The predicted octanol–water partition coefficient (Wildman–Crippen LogP) is 4.78. The van der Waals surface area contributed by atoms with Gasteiger partial charge in [-0.3, -0.25) is 0 Å². The van der Waals surface area contributed by atoms with E-state index in [9.17, 15) is 0 Å². The van der Waals surface area contributed by atoms with Gasteiger partial charge < -0.3 is 0 Å². The summed E-state index contributed by atoms with van der Waals surface area (Å²) in [4.78, 5) is 0. The molecule has 0 aliphatic carbocycles. The van der Waals surface area contributed by atoms with Crippen LogP contribution in [0.3, 0.4) is 0 Å². The molecule has 0 N–H and O–H groups in total. The van der Waals surface area contributed by atoms with Crippen LogP contribution < -0.4 is 0 Å². The highest BCUT2D eigenvalue weighted by Gasteiger charge is 2.00. The van der Waals surface area contributed by atoms with Crippen molar-refractivity contribution < 1.29 is 0 Å². The minimum absolute atomic E-state index is 0.892. The number of unbranched alkanes of at least 4 members (excludes halogenated alkanes) is 5. The Balaban J connectivity index is 3.05. The normalized spacial score (nSPS) is 13.2. The van der Waals surface area contributed by atoms with Gasteiger partial charge in [0.2, 0.25) is 0 Å². The van der Waals surface area contributed by atoms with E-state index in [1.54, 1.807) is 0 Å². The molecule has 0 saturated carbocycles. The van der Waals surface area contributed by atoms with E-state index in [1.165, 1.54) is 57.8 Å². The first-order valence-corrected chi connectivity index (χ1v) is 6.73. The lowest BCUT2D eigenvalue weighted by Gasteiger charge is -2.09. The second kappa shape index (κ2) is 10.5. The predicted molar refractivity (Wildman–Crippen MR) is 66.4 cm³/mol. The summed E-state index contributed by atoms with van der Waals surface area (Å²) in [6.07, 6.45) is 12.7. The van der Waals surface area contributed by atoms with E-state index in [0.717, 1.165) is 5.66 Å². The van der Waals surface area contributed by atoms with Gasteiger partial charge in [-0.1, -0.05) is 58.8 Å². The molecule has 0 radical (unpaired) electrons. The Bertz CT molecular complexity index is 91.1. The number of hydrogen-bond donors (Lipinski definition) is 0. The van der Waals surface area contributed by atoms with Crippen molar-refractivity contribution in [3.05, 3.63) is 0 Å². The van der Waals surface area contributed by atoms with Crippen molar-refractivity contribution in [3.8, 4) is 0 Å². The molecule has 0 aromatic carbocycles. The monoisotopic (exact) mass is 202 g/mol. The minimum Gasteiger partial charge on any atom is -0.134 e. The first-order valence-electron chi connectivity index (χ1n) is 6.06. The molecule has 2 atom stereocenters. The summed E-state index contributed by atoms with van der Waals surface area (Å²) >= 11 is 0. The molecule has 0 fully saturated rings. The van der Waals surface area contributed by atoms with E-state index in [1.807, 2.05) is 0 Å². The van der Waals surface area contributed by atoms with Gasteiger partial charge in [0, 0.05) is 0 Å². The molecular formula is C12H27P. The zero-order chi connectivity index (χ0) is 9.94. The van der Waals surface area contributed by atoms with E-state index in [-0.39, 0.29) is 0 Å². The smallest absolute Gasteiger partial charge is 0.0264 e. The van der Waals surface area contributed by atoms with Crippen molar-refractivity contribution in [2.24, 2.45) is 0 Å². The van der Waals surface area contributed by atoms with Crippen molar-refractivity contribution in [3.63, 3.8) is 0 Å². The Hall–Kier alpha value is 0.430. The third-order valence-electron chi connectivity index (χ3n) is 2.61. The van der Waals surface area contributed by atoms with Gasteiger partial charge in [0.15, 0.2) is 0 Å². The molecule has 1 heteroatoms. The highest BCUT2D eigenvalue weighted by molar-refractivity contribution is 7.17. The van der Waals surface area contributed by atoms with E-state index in [4.69, 9.17) is 0 Å². The minimum atomic E-state index is 0.892. The van der Waals surface area contributed by atoms with Gasteiger partial charge in [0.25, 0.3) is 0 Å². The van der Waals surface area contributed by atoms with Gasteiger partial charge in [-0.05, 0) is 18.5 Å². The summed E-state index contributed by atoms with van der Waals surface area (Å²) in [7, 11) is 3.01. The Kier molecular flexibility index (Phi) is 10.9. The molecule has 0 heterocycles. The molecule has 0 aliphatic rings. The molecule has 0 nitrogen and oxygen atoms in total. The van der Waals surface area contributed by atoms with Crippen LogP contribution in [0.25, 0.3) is 0 Å². The Morgan fingerprint density at radius 1 is 0.769 bits per heavy atom. The van der Waals surface area contributed by atoms with Gasteiger partial charge in [0.1, 0.15) is 0 Å². The zero-order valence-corrected chi connectivity index (χ0v) is 10.7. The Morgan fingerprint density at radius 3 is 1.77 bits per heavy atom. The van der Waals surface area contributed by atoms with E-state index < -0.39 is 0 Å². The van der Waals surface area contributed by atoms with Crippen molar-refractivity contribution in [1.29, 1.82) is 0 Å². The lowest BCUT2D eigenvalue weighted by Crippen LogP contribution is -1.97. The molecule has 0 aromatic rings. The maximum absolute atomic E-state index is 3.01. The Labute approximate surface area is 87.1 Å². The third kappa shape index (κ3) is 10.4. The van der Waals surface area contributed by atoms with Crippen LogP contribution in [0.5, 0.6) is 0 Å². The highest BCUT2D eigenvalue weighted by Crippen LogP contribution is 2.18. The maximum Gasteiger partial charge on any atom is -0.0264 e. The molecule has 80 valence electrons. The van der Waals surface area contributed by atoms with Crippen LogP contribution in [-0.4, -0.2) is 5.66 Å². The first-order chi connectivity index (χ1) is 6.31. The van der Waals surface area contributed by atoms with Gasteiger partial charge in [-0.15, -0.1) is 9.24 Å². The van der Waals surface area contributed by atoms with Crippen LogP contribution in [0.1, 0.15) is 71.6 Å². The first kappa shape index (κ1) is 13.4. The third-order valence-corrected chi connectivity index (χ3v) is 3.27. The average molecular weight is 202 g/mol. The van der Waals surface area contributed by atoms with Crippen LogP contribution in [0.2, 0.25) is 0 Å². The molecule has 0 bridgehead atoms. The van der Waals surface area contributed by atoms with E-state index in [0.29, 0.717) is 0 Å². The molecule has 2 unspecified atom stereocenters. The fourth-order valence-electron chi connectivity index (χ4n) is 1.63. The number of hydrogen-bond acceptors (Lipinski definition) is 0. The summed E-state index contributed by atoms with van der Waals surface area (Å²) in [5.74, 6) is 0. The molecule has 13 heavy (non-hydrogen) atoms. The van der Waals surface area contributed by atoms with Crippen LogP contribution in [-0.2, 0) is 0 Å². The fourth-order valence-corrected chi connectivity index (χ4v) is 2.11. The van der Waals surface area contributed by atoms with Crippen LogP contribution >= 0.6 is 9.24 Å². The topological polar surface area (TPSA) is 0 Å². The molecule has 0 amide bonds. The molecule has 0 spiro atoms. The summed E-state index contributed by atoms with van der Waals surface area (Å²) < 4.78 is 0. The summed E-state index contributed by atoms with van der Waals surface area (Å²) in [5, 5.41) is 0. The second-order valence-electron chi connectivity index (χ2n) is 4.11. The SMILES string of the molecule is CCCCCCC(P)CCCCC. The standard InChI is InChI=1S/C12H27P/c1-3-5-7-9-11-12(13)10-8-6-4-2/h12H,3-11,13H2,1-2H3. The van der Waals surface area contributed by atoms with Crippen molar-refractivity contribution in [2.45, 2.75) is 77.3 Å². The van der Waals surface area contributed by atoms with Crippen LogP contribution in [0, 0.1) is 0 Å². The zero-order valence-electron chi connectivity index (χ0n) is 9.52.